The number of aliphatic imine (C=N–C) groups is 5. The van der Waals surface area contributed by atoms with E-state index in [1.54, 1.807) is 6.21 Å². The van der Waals surface area contributed by atoms with Crippen molar-refractivity contribution in [3.63, 3.8) is 0 Å². The molecule has 0 bridgehead atoms. The summed E-state index contributed by atoms with van der Waals surface area (Å²) in [6.45, 7) is 37.4. The van der Waals surface area contributed by atoms with Crippen LogP contribution in [0.3, 0.4) is 0 Å². The maximum absolute atomic E-state index is 12.6. The third-order valence-electron chi connectivity index (χ3n) is 16.8. The van der Waals surface area contributed by atoms with Gasteiger partial charge in [-0.3, -0.25) is 34.6 Å². The number of carbonyl (C=O) groups excluding carboxylic acids is 2. The quantitative estimate of drug-likeness (QED) is 0.0173. The van der Waals surface area contributed by atoms with Gasteiger partial charge in [-0.05, 0) is 95.3 Å². The Hall–Kier alpha value is -4.47. The van der Waals surface area contributed by atoms with E-state index in [9.17, 15) is 14.7 Å². The van der Waals surface area contributed by atoms with Gasteiger partial charge in [-0.1, -0.05) is 68.2 Å². The molecule has 0 aliphatic carbocycles. The molecule has 0 aromatic rings. The number of nitrogens with one attached hydrogen (secondary N) is 12. The first-order chi connectivity index (χ1) is 44.9. The topological polar surface area (TPSA) is 495 Å². The van der Waals surface area contributed by atoms with Gasteiger partial charge in [0.15, 0.2) is 17.9 Å². The van der Waals surface area contributed by atoms with E-state index in [0.717, 1.165) is 96.9 Å². The van der Waals surface area contributed by atoms with Crippen LogP contribution < -0.4 is 115 Å². The van der Waals surface area contributed by atoms with Gasteiger partial charge in [0, 0.05) is 210 Å². The van der Waals surface area contributed by atoms with E-state index in [4.69, 9.17) is 51.6 Å². The lowest BCUT2D eigenvalue weighted by Gasteiger charge is -2.32. The Morgan fingerprint density at radius 2 is 0.926 bits per heavy atom. The van der Waals surface area contributed by atoms with E-state index >= 15 is 0 Å². The summed E-state index contributed by atoms with van der Waals surface area (Å²) < 4.78 is 0. The van der Waals surface area contributed by atoms with E-state index in [1.807, 2.05) is 13.1 Å². The maximum Gasteiger partial charge on any atom is 0.219 e. The second-order valence-corrected chi connectivity index (χ2v) is 26.3. The SMILES string of the molecule is [CH2]CN=CCN[C@H](CN[C@@H](CCCN=C(N)N)CNCCN[CH]CN[C@H](CN[C@H](CN[C@H](CN[C@H](CN[C@H](CN[C@@H](CCCN=C(N)N)CN[C@@H](CCC(N)=O)CN[C@@H](CCCN=C(N)N)CN=CCN)[C@@H](C)O)[C@@H](C)CC)CC(C)C)CC(N)=O)[C@@H](C)CC)CC(C)C. The Bertz CT molecular complexity index is 1970. The molecule has 0 aliphatic heterocycles. The highest BCUT2D eigenvalue weighted by atomic mass is 16.3. The molecule has 29 nitrogen and oxygen atoms in total. The smallest absolute Gasteiger partial charge is 0.219 e. The van der Waals surface area contributed by atoms with Gasteiger partial charge in [-0.15, -0.1) is 0 Å². The standard InChI is InChI=1S/C65H142N26O3/c1-11-48(8)58(80-32-30-76-27-28-78-37-52(18-15-24-82-64(71)72)86-40-55(33-46(4)5)79-31-29-75-13-3)43-89-57(35-62(68)94)41-87-56(34-47(6)7)42-90-59(49(9)12-2)44-91-60(50(10)92)45-88-53(19-16-25-83-65(73)74)38-85-54(20-21-61(67)93)39-84-51(36-77-26-22-66)17-14-23-81-63(69)70/h26,29-30,46-60,76,78-80,84-92H,3,11-25,27-28,31-45,66H2,1-2,4-10H3,(H2,67,93)(H2,68,94)(H4,69,70,81)(H4,71,72,82)(H4,73,74,83)/t48-,49-,50+,51-,52-,53-,54-,55-,56-,57-,58+,59+,60+/m0/s1. The first-order valence-electron chi connectivity index (χ1n) is 35.4. The first kappa shape index (κ1) is 89.5. The highest BCUT2D eigenvalue weighted by Gasteiger charge is 2.26. The second-order valence-electron chi connectivity index (χ2n) is 26.3. The summed E-state index contributed by atoms with van der Waals surface area (Å²) >= 11 is 0. The lowest BCUT2D eigenvalue weighted by atomic mass is 9.97. The predicted octanol–water partition coefficient (Wildman–Crippen LogP) is -2.29. The van der Waals surface area contributed by atoms with E-state index in [0.29, 0.717) is 128 Å². The average Bonchev–Trinajstić information content (AvgIpc) is 1.50. The van der Waals surface area contributed by atoms with Crippen molar-refractivity contribution < 1.29 is 14.7 Å². The van der Waals surface area contributed by atoms with Crippen LogP contribution in [0.4, 0.5) is 0 Å². The number of aliphatic hydroxyl groups excluding tert-OH is 1. The van der Waals surface area contributed by atoms with Crippen molar-refractivity contribution in [2.75, 3.05) is 124 Å². The van der Waals surface area contributed by atoms with Gasteiger partial charge < -0.3 is 121 Å². The van der Waals surface area contributed by atoms with Gasteiger partial charge in [0.25, 0.3) is 0 Å². The van der Waals surface area contributed by atoms with Crippen molar-refractivity contribution in [2.45, 2.75) is 212 Å². The fourth-order valence-electron chi connectivity index (χ4n) is 10.9. The van der Waals surface area contributed by atoms with Crippen molar-refractivity contribution in [3.8, 4) is 0 Å². The summed E-state index contributed by atoms with van der Waals surface area (Å²) in [6, 6.07) is 0.435. The zero-order chi connectivity index (χ0) is 70.3. The van der Waals surface area contributed by atoms with E-state index in [2.05, 4.69) is 158 Å². The number of guanidine groups is 3. The van der Waals surface area contributed by atoms with E-state index in [-0.39, 0.29) is 96.9 Å². The van der Waals surface area contributed by atoms with Crippen molar-refractivity contribution in [1.82, 2.24) is 63.8 Å². The van der Waals surface area contributed by atoms with Crippen LogP contribution in [0.1, 0.15) is 146 Å². The van der Waals surface area contributed by atoms with Gasteiger partial charge in [-0.25, -0.2) is 0 Å². The molecule has 0 saturated carbocycles. The number of hydrogen-bond donors (Lipinski definition) is 22. The summed E-state index contributed by atoms with van der Waals surface area (Å²) in [5, 5.41) is 55.8. The van der Waals surface area contributed by atoms with Crippen LogP contribution >= 0.6 is 0 Å². The van der Waals surface area contributed by atoms with Crippen LogP contribution in [0.15, 0.2) is 25.0 Å². The van der Waals surface area contributed by atoms with Crippen LogP contribution in [0.25, 0.3) is 0 Å². The normalized spacial score (nSPS) is 16.3. The third kappa shape index (κ3) is 52.7. The molecule has 2 amide bonds. The Morgan fingerprint density at radius 3 is 1.45 bits per heavy atom. The molecule has 0 aromatic heterocycles. The fraction of sp³-hybridized carbons (Fsp3) is 0.862. The molecule has 94 heavy (non-hydrogen) atoms. The van der Waals surface area contributed by atoms with Crippen LogP contribution in [-0.4, -0.2) is 238 Å². The number of rotatable bonds is 66. The highest BCUT2D eigenvalue weighted by Crippen LogP contribution is 2.13. The summed E-state index contributed by atoms with van der Waals surface area (Å²) in [7, 11) is 0. The van der Waals surface area contributed by atoms with Crippen molar-refractivity contribution >= 4 is 42.1 Å². The lowest BCUT2D eigenvalue weighted by molar-refractivity contribution is -0.119. The number of aliphatic hydroxyl groups is 1. The number of nitrogens with zero attached hydrogens (tertiary/aromatic N) is 5. The monoisotopic (exact) mass is 1340 g/mol. The molecule has 0 unspecified atom stereocenters. The fourth-order valence-corrected chi connectivity index (χ4v) is 10.9. The zero-order valence-electron chi connectivity index (χ0n) is 59.9. The Kier molecular flexibility index (Phi) is 55.9. The molecule has 0 rings (SSSR count). The molecule has 2 radical (unpaired) electrons. The van der Waals surface area contributed by atoms with Crippen molar-refractivity contribution in [2.24, 2.45) is 100 Å². The number of hydrogen-bond acceptors (Lipinski definition) is 21. The van der Waals surface area contributed by atoms with Gasteiger partial charge in [-0.2, -0.15) is 0 Å². The number of carbonyl (C=O) groups is 2. The zero-order valence-corrected chi connectivity index (χ0v) is 59.9. The average molecular weight is 1340 g/mol. The van der Waals surface area contributed by atoms with Crippen LogP contribution in [0, 0.1) is 37.1 Å². The van der Waals surface area contributed by atoms with Gasteiger partial charge in [0.05, 0.1) is 12.6 Å². The molecule has 0 heterocycles. The van der Waals surface area contributed by atoms with E-state index < -0.39 is 6.10 Å². The maximum atomic E-state index is 12.6. The minimum absolute atomic E-state index is 0.0275. The lowest BCUT2D eigenvalue weighted by Crippen LogP contribution is -2.56. The van der Waals surface area contributed by atoms with Crippen LogP contribution in [0.2, 0.25) is 0 Å². The molecular weight excluding hydrogens is 1190 g/mol. The number of primary amides is 2. The highest BCUT2D eigenvalue weighted by molar-refractivity contribution is 5.76. The largest absolute Gasteiger partial charge is 0.392 e. The van der Waals surface area contributed by atoms with Gasteiger partial charge in [0.2, 0.25) is 11.8 Å². The Labute approximate surface area is 568 Å². The molecule has 0 fully saturated rings. The Morgan fingerprint density at radius 1 is 0.479 bits per heavy atom. The minimum atomic E-state index is -0.661. The van der Waals surface area contributed by atoms with Crippen molar-refractivity contribution in [1.29, 1.82) is 0 Å². The predicted molar refractivity (Wildman–Crippen MR) is 396 cm³/mol. The molecular formula is C65H142N26O3. The summed E-state index contributed by atoms with van der Waals surface area (Å²) in [6.07, 6.45) is 12.7. The molecule has 0 saturated heterocycles. The second kappa shape index (κ2) is 58.7. The molecule has 0 aliphatic rings. The first-order valence-corrected chi connectivity index (χ1v) is 35.4. The number of amides is 2. The minimum Gasteiger partial charge on any atom is -0.392 e. The molecule has 29 heteroatoms. The van der Waals surface area contributed by atoms with Gasteiger partial charge >= 0.3 is 0 Å². The molecule has 31 N–H and O–H groups in total. The molecule has 550 valence electrons. The summed E-state index contributed by atoms with van der Waals surface area (Å²) in [5.74, 6) is 1.20. The summed E-state index contributed by atoms with van der Waals surface area (Å²) in [4.78, 5) is 45.9. The van der Waals surface area contributed by atoms with Crippen LogP contribution in [-0.2, 0) is 9.59 Å². The van der Waals surface area contributed by atoms with Crippen LogP contribution in [0.5, 0.6) is 0 Å². The number of nitrogens with two attached hydrogens (primary N) is 9. The molecule has 0 aromatic carbocycles. The van der Waals surface area contributed by atoms with Crippen molar-refractivity contribution in [3.05, 3.63) is 13.5 Å². The summed E-state index contributed by atoms with van der Waals surface area (Å²) in [5.41, 5.74) is 50.9. The van der Waals surface area contributed by atoms with E-state index in [1.165, 1.54) is 0 Å². The van der Waals surface area contributed by atoms with Gasteiger partial charge in [0.1, 0.15) is 0 Å². The molecule has 13 atom stereocenters. The molecule has 0 spiro atoms. The third-order valence-corrected chi connectivity index (χ3v) is 16.8. The Balaban J connectivity index is 5.86.